The molecule has 7 N–H and O–H groups in total. The normalized spacial score (nSPS) is 5.29. The van der Waals surface area contributed by atoms with Crippen LogP contribution in [-0.2, 0) is 4.79 Å². The Bertz CT molecular complexity index is 49.0. The van der Waals surface area contributed by atoms with E-state index in [2.05, 4.69) is 12.6 Å². The molecule has 5 heteroatoms. The Hall–Kier alpha value is -0.260. The smallest absolute Gasteiger partial charge is 0.313 e. The number of carboxylic acid groups (broad SMARTS) is 1. The lowest BCUT2D eigenvalue weighted by Gasteiger charge is -1.71. The van der Waals surface area contributed by atoms with Gasteiger partial charge < -0.3 is 17.4 Å². The molecule has 0 amide bonds. The van der Waals surface area contributed by atoms with Crippen LogP contribution in [0.15, 0.2) is 0 Å². The molecule has 0 bridgehead atoms. The molecule has 0 fully saturated rings. The summed E-state index contributed by atoms with van der Waals surface area (Å²) in [5.41, 5.74) is 0. The summed E-state index contributed by atoms with van der Waals surface area (Å²) in [5.74, 6) is -0.965. The number of hydrogen-bond donors (Lipinski definition) is 4. The second-order valence-electron chi connectivity index (χ2n) is 0.552. The van der Waals surface area contributed by atoms with Crippen LogP contribution in [0.2, 0.25) is 0 Å². The summed E-state index contributed by atoms with van der Waals surface area (Å²) in [6.07, 6.45) is 0. The van der Waals surface area contributed by atoms with Gasteiger partial charge in [0.05, 0.1) is 5.75 Å². The van der Waals surface area contributed by atoms with Gasteiger partial charge in [0.1, 0.15) is 0 Å². The van der Waals surface area contributed by atoms with E-state index in [1.807, 2.05) is 0 Å². The molecule has 0 aliphatic rings. The molecule has 0 heterocycles. The number of rotatable bonds is 1. The van der Waals surface area contributed by atoms with Crippen LogP contribution in [0.3, 0.4) is 0 Å². The fraction of sp³-hybridized carbons (Fsp3) is 0.500. The van der Waals surface area contributed by atoms with Gasteiger partial charge in [-0.15, -0.1) is 0 Å². The summed E-state index contributed by atoms with van der Waals surface area (Å²) in [7, 11) is 0. The van der Waals surface area contributed by atoms with E-state index < -0.39 is 5.97 Å². The second kappa shape index (κ2) is 9.22. The minimum absolute atomic E-state index is 0. The average molecular weight is 126 g/mol. The third kappa shape index (κ3) is 26.5. The molecule has 0 spiro atoms. The van der Waals surface area contributed by atoms with Gasteiger partial charge in [0.25, 0.3) is 0 Å². The monoisotopic (exact) mass is 126 g/mol. The van der Waals surface area contributed by atoms with Crippen LogP contribution >= 0.6 is 12.6 Å². The van der Waals surface area contributed by atoms with Crippen LogP contribution < -0.4 is 12.3 Å². The second-order valence-corrected chi connectivity index (χ2v) is 0.868. The molecule has 0 unspecified atom stereocenters. The van der Waals surface area contributed by atoms with E-state index in [1.54, 1.807) is 0 Å². The van der Waals surface area contributed by atoms with Crippen molar-refractivity contribution in [1.82, 2.24) is 12.3 Å². The Balaban J connectivity index is -0.0000000800. The summed E-state index contributed by atoms with van der Waals surface area (Å²) in [6.45, 7) is 0. The fourth-order valence-corrected chi connectivity index (χ4v) is 0. The highest BCUT2D eigenvalue weighted by Gasteiger charge is 1.81. The molecule has 0 aliphatic carbocycles. The number of hydrogen-bond acceptors (Lipinski definition) is 4. The Morgan fingerprint density at radius 3 is 1.71 bits per heavy atom. The van der Waals surface area contributed by atoms with Crippen molar-refractivity contribution in [3.63, 3.8) is 0 Å². The lowest BCUT2D eigenvalue weighted by Crippen LogP contribution is -1.92. The molecule has 0 saturated heterocycles. The summed E-state index contributed by atoms with van der Waals surface area (Å²) >= 11 is 3.42. The van der Waals surface area contributed by atoms with Gasteiger partial charge in [0.2, 0.25) is 0 Å². The van der Waals surface area contributed by atoms with Crippen LogP contribution in [0, 0.1) is 0 Å². The molecular weight excluding hydrogens is 116 g/mol. The molecule has 7 heavy (non-hydrogen) atoms. The molecule has 0 radical (unpaired) electrons. The van der Waals surface area contributed by atoms with Gasteiger partial charge in [-0.25, -0.2) is 0 Å². The van der Waals surface area contributed by atoms with E-state index in [4.69, 9.17) is 5.11 Å². The standard InChI is InChI=1S/C2H4O2S.2H3N/c3-2(4)1-5;;/h5H,1H2,(H,3,4);2*1H3. The van der Waals surface area contributed by atoms with Gasteiger partial charge in [-0.3, -0.25) is 4.79 Å². The van der Waals surface area contributed by atoms with Crippen LogP contribution in [0.25, 0.3) is 0 Å². The number of aliphatic carboxylic acids is 1. The van der Waals surface area contributed by atoms with Crippen molar-refractivity contribution in [2.45, 2.75) is 0 Å². The first-order valence-electron chi connectivity index (χ1n) is 1.10. The molecule has 0 aromatic carbocycles. The third-order valence-electron chi connectivity index (χ3n) is 0.135. The molecule has 4 nitrogen and oxygen atoms in total. The van der Waals surface area contributed by atoms with Gasteiger partial charge in [-0.1, -0.05) is 0 Å². The Morgan fingerprint density at radius 1 is 1.57 bits per heavy atom. The van der Waals surface area contributed by atoms with Crippen molar-refractivity contribution in [1.29, 1.82) is 0 Å². The number of carbonyl (C=O) groups is 1. The summed E-state index contributed by atoms with van der Waals surface area (Å²) in [5, 5.41) is 7.65. The van der Waals surface area contributed by atoms with Crippen LogP contribution in [-0.4, -0.2) is 16.8 Å². The topological polar surface area (TPSA) is 107 Å². The first-order valence-corrected chi connectivity index (χ1v) is 1.73. The van der Waals surface area contributed by atoms with Gasteiger partial charge in [-0.2, -0.15) is 12.6 Å². The van der Waals surface area contributed by atoms with Gasteiger partial charge in [0, 0.05) is 0 Å². The van der Waals surface area contributed by atoms with Crippen molar-refractivity contribution in [3.8, 4) is 0 Å². The number of thiol groups is 1. The highest BCUT2D eigenvalue weighted by Crippen LogP contribution is 1.66. The molecule has 0 atom stereocenters. The molecule has 0 rings (SSSR count). The van der Waals surface area contributed by atoms with E-state index in [1.165, 1.54) is 0 Å². The van der Waals surface area contributed by atoms with Gasteiger partial charge >= 0.3 is 5.97 Å². The lowest BCUT2D eigenvalue weighted by atomic mass is 10.8. The summed E-state index contributed by atoms with van der Waals surface area (Å²) in [6, 6.07) is 0. The zero-order chi connectivity index (χ0) is 4.28. The molecule has 0 aliphatic heterocycles. The van der Waals surface area contributed by atoms with Gasteiger partial charge in [-0.05, 0) is 0 Å². The van der Waals surface area contributed by atoms with E-state index in [-0.39, 0.29) is 18.1 Å². The molecule has 0 aromatic heterocycles. The van der Waals surface area contributed by atoms with Crippen molar-refractivity contribution < 1.29 is 9.90 Å². The van der Waals surface area contributed by atoms with E-state index in [9.17, 15) is 4.79 Å². The summed E-state index contributed by atoms with van der Waals surface area (Å²) < 4.78 is 0. The zero-order valence-electron chi connectivity index (χ0n) is 3.92. The third-order valence-corrected chi connectivity index (χ3v) is 0.406. The SMILES string of the molecule is N.N.O=C(O)CS. The number of carboxylic acids is 1. The van der Waals surface area contributed by atoms with Crippen LogP contribution in [0.4, 0.5) is 0 Å². The van der Waals surface area contributed by atoms with E-state index in [0.29, 0.717) is 0 Å². The zero-order valence-corrected chi connectivity index (χ0v) is 4.82. The maximum Gasteiger partial charge on any atom is 0.313 e. The molecule has 0 saturated carbocycles. The van der Waals surface area contributed by atoms with Crippen molar-refractivity contribution in [3.05, 3.63) is 0 Å². The maximum atomic E-state index is 9.29. The van der Waals surface area contributed by atoms with E-state index >= 15 is 0 Å². The highest BCUT2D eigenvalue weighted by atomic mass is 32.1. The quantitative estimate of drug-likeness (QED) is 0.379. The molecule has 0 aromatic rings. The first kappa shape index (κ1) is 15.9. The average Bonchev–Trinajstić information content (AvgIpc) is 1.38. The minimum Gasteiger partial charge on any atom is -0.481 e. The van der Waals surface area contributed by atoms with Gasteiger partial charge in [0.15, 0.2) is 0 Å². The maximum absolute atomic E-state index is 9.29. The molecular formula is C2H10N2O2S. The van der Waals surface area contributed by atoms with E-state index in [0.717, 1.165) is 0 Å². The van der Waals surface area contributed by atoms with Crippen molar-refractivity contribution in [2.24, 2.45) is 0 Å². The summed E-state index contributed by atoms with van der Waals surface area (Å²) in [4.78, 5) is 9.29. The van der Waals surface area contributed by atoms with Crippen molar-refractivity contribution >= 4 is 18.6 Å². The Kier molecular flexibility index (Phi) is 20.9. The Labute approximate surface area is 47.5 Å². The predicted octanol–water partition coefficient (Wildman–Crippen LogP) is 0.325. The lowest BCUT2D eigenvalue weighted by molar-refractivity contribution is -0.133. The predicted molar refractivity (Wildman–Crippen MR) is 31.5 cm³/mol. The highest BCUT2D eigenvalue weighted by molar-refractivity contribution is 7.81. The van der Waals surface area contributed by atoms with Crippen molar-refractivity contribution in [2.75, 3.05) is 5.75 Å². The minimum atomic E-state index is -0.881. The van der Waals surface area contributed by atoms with Crippen LogP contribution in [0.5, 0.6) is 0 Å². The molecule has 46 valence electrons. The fourth-order valence-electron chi connectivity index (χ4n) is 0. The largest absolute Gasteiger partial charge is 0.481 e. The van der Waals surface area contributed by atoms with Crippen LogP contribution in [0.1, 0.15) is 0 Å². The Morgan fingerprint density at radius 2 is 1.71 bits per heavy atom. The first-order chi connectivity index (χ1) is 2.27.